The Balaban J connectivity index is 1.96. The second-order valence-electron chi connectivity index (χ2n) is 8.24. The molecular formula is C21H34N5O11P. The van der Waals surface area contributed by atoms with Crippen molar-refractivity contribution in [1.29, 1.82) is 0 Å². The highest BCUT2D eigenvalue weighted by Gasteiger charge is 2.28. The second kappa shape index (κ2) is 15.4. The minimum atomic E-state index is -4.06. The van der Waals surface area contributed by atoms with Crippen molar-refractivity contribution in [2.45, 2.75) is 52.4 Å². The van der Waals surface area contributed by atoms with Gasteiger partial charge in [-0.15, -0.1) is 0 Å². The van der Waals surface area contributed by atoms with Gasteiger partial charge in [-0.3, -0.25) is 13.6 Å². The van der Waals surface area contributed by atoms with Crippen molar-refractivity contribution < 1.29 is 51.6 Å². The maximum absolute atomic E-state index is 13.1. The van der Waals surface area contributed by atoms with Crippen LogP contribution < -0.4 is 5.73 Å². The summed E-state index contributed by atoms with van der Waals surface area (Å²) >= 11 is 0. The van der Waals surface area contributed by atoms with Gasteiger partial charge in [-0.1, -0.05) is 0 Å². The highest BCUT2D eigenvalue weighted by atomic mass is 31.2. The summed E-state index contributed by atoms with van der Waals surface area (Å²) < 4.78 is 55.1. The molecule has 2 heterocycles. The zero-order valence-electron chi connectivity index (χ0n) is 21.9. The smallest absolute Gasteiger partial charge is 0.432 e. The molecule has 0 amide bonds. The molecule has 2 aromatic rings. The van der Waals surface area contributed by atoms with E-state index in [0.29, 0.717) is 24.2 Å². The van der Waals surface area contributed by atoms with Gasteiger partial charge < -0.3 is 38.7 Å². The van der Waals surface area contributed by atoms with E-state index in [4.69, 9.17) is 43.2 Å². The first-order valence-corrected chi connectivity index (χ1v) is 13.3. The van der Waals surface area contributed by atoms with E-state index in [1.54, 1.807) is 45.7 Å². The molecule has 0 aromatic carbocycles. The SMILES string of the molecule is COCC(CCOCP(=O)(OCOC(=O)OC(C)C)OCOC(=O)OC(C)C)n1cnc2c(N)ncnc21. The maximum Gasteiger partial charge on any atom is 0.510 e. The zero-order valence-corrected chi connectivity index (χ0v) is 22.8. The van der Waals surface area contributed by atoms with E-state index < -0.39 is 52.0 Å². The van der Waals surface area contributed by atoms with E-state index in [-0.39, 0.29) is 18.5 Å². The van der Waals surface area contributed by atoms with E-state index in [0.717, 1.165) is 0 Å². The fourth-order valence-electron chi connectivity index (χ4n) is 2.90. The molecule has 0 aliphatic heterocycles. The first-order chi connectivity index (χ1) is 18.0. The van der Waals surface area contributed by atoms with Crippen LogP contribution in [0.4, 0.5) is 15.4 Å². The van der Waals surface area contributed by atoms with Crippen molar-refractivity contribution in [1.82, 2.24) is 19.5 Å². The third-order valence-electron chi connectivity index (χ3n) is 4.50. The minimum Gasteiger partial charge on any atom is -0.432 e. The number of ether oxygens (including phenoxy) is 6. The van der Waals surface area contributed by atoms with Gasteiger partial charge in [-0.2, -0.15) is 0 Å². The summed E-state index contributed by atoms with van der Waals surface area (Å²) in [7, 11) is -2.51. The van der Waals surface area contributed by atoms with E-state index >= 15 is 0 Å². The van der Waals surface area contributed by atoms with Crippen LogP contribution in [-0.4, -0.2) is 84.3 Å². The van der Waals surface area contributed by atoms with Crippen molar-refractivity contribution in [3.8, 4) is 0 Å². The lowest BCUT2D eigenvalue weighted by Gasteiger charge is -2.20. The average Bonchev–Trinajstić information content (AvgIpc) is 3.25. The van der Waals surface area contributed by atoms with Gasteiger partial charge in [0.2, 0.25) is 13.6 Å². The molecule has 16 nitrogen and oxygen atoms in total. The monoisotopic (exact) mass is 563 g/mol. The molecule has 0 radical (unpaired) electrons. The Morgan fingerprint density at radius 2 is 1.61 bits per heavy atom. The van der Waals surface area contributed by atoms with Gasteiger partial charge in [0, 0.05) is 13.7 Å². The lowest BCUT2D eigenvalue weighted by atomic mass is 10.2. The highest BCUT2D eigenvalue weighted by molar-refractivity contribution is 7.53. The summed E-state index contributed by atoms with van der Waals surface area (Å²) in [4.78, 5) is 35.5. The average molecular weight is 564 g/mol. The first kappa shape index (κ1) is 31.2. The molecule has 1 unspecified atom stereocenters. The topological polar surface area (TPSA) is 195 Å². The maximum atomic E-state index is 13.1. The minimum absolute atomic E-state index is 0.0808. The summed E-state index contributed by atoms with van der Waals surface area (Å²) in [6.07, 6.45) is -0.159. The summed E-state index contributed by atoms with van der Waals surface area (Å²) in [5.41, 5.74) is 6.83. The number of carbonyl (C=O) groups excluding carboxylic acids is 2. The molecule has 2 N–H and O–H groups in total. The van der Waals surface area contributed by atoms with Crippen LogP contribution in [0.3, 0.4) is 0 Å². The van der Waals surface area contributed by atoms with E-state index in [1.807, 2.05) is 0 Å². The predicted molar refractivity (Wildman–Crippen MR) is 131 cm³/mol. The van der Waals surface area contributed by atoms with Crippen LogP contribution in [-0.2, 0) is 42.0 Å². The van der Waals surface area contributed by atoms with Crippen LogP contribution in [0, 0.1) is 0 Å². The predicted octanol–water partition coefficient (Wildman–Crippen LogP) is 3.22. The van der Waals surface area contributed by atoms with Crippen molar-refractivity contribution in [3.05, 3.63) is 12.7 Å². The largest absolute Gasteiger partial charge is 0.510 e. The number of nitrogen functional groups attached to an aromatic ring is 1. The number of methoxy groups -OCH3 is 1. The molecule has 17 heteroatoms. The Labute approximate surface area is 219 Å². The summed E-state index contributed by atoms with van der Waals surface area (Å²) in [5, 5.41) is 0. The van der Waals surface area contributed by atoms with Crippen LogP contribution in [0.1, 0.15) is 40.2 Å². The Bertz CT molecular complexity index is 1050. The van der Waals surface area contributed by atoms with Crippen LogP contribution in [0.5, 0.6) is 0 Å². The number of nitrogens with zero attached hydrogens (tertiary/aromatic N) is 4. The number of nitrogens with two attached hydrogens (primary N) is 1. The van der Waals surface area contributed by atoms with Crippen LogP contribution >= 0.6 is 7.60 Å². The number of fused-ring (bicyclic) bond motifs is 1. The quantitative estimate of drug-likeness (QED) is 0.135. The number of rotatable bonds is 16. The zero-order chi connectivity index (χ0) is 28.1. The first-order valence-electron chi connectivity index (χ1n) is 11.6. The van der Waals surface area contributed by atoms with Gasteiger partial charge in [-0.25, -0.2) is 24.5 Å². The van der Waals surface area contributed by atoms with Gasteiger partial charge in [0.15, 0.2) is 11.5 Å². The standard InChI is InChI=1S/C21H34N5O11P/c1-14(2)36-20(27)32-11-34-38(29,35-12-33-21(28)37-15(3)4)13-31-7-6-16(8-30-5)26-10-25-17-18(22)23-9-24-19(17)26/h9-10,14-16H,6-8,11-13H2,1-5H3,(H2,22,23,24). The molecule has 0 fully saturated rings. The van der Waals surface area contributed by atoms with Crippen molar-refractivity contribution >= 4 is 36.9 Å². The molecular weight excluding hydrogens is 529 g/mol. The number of carbonyl (C=O) groups is 2. The molecule has 0 saturated carbocycles. The Hall–Kier alpha value is -3.04. The fourth-order valence-corrected chi connectivity index (χ4v) is 3.91. The van der Waals surface area contributed by atoms with Gasteiger partial charge in [0.1, 0.15) is 18.2 Å². The van der Waals surface area contributed by atoms with Gasteiger partial charge >= 0.3 is 19.9 Å². The molecule has 2 aromatic heterocycles. The highest BCUT2D eigenvalue weighted by Crippen LogP contribution is 2.48. The lowest BCUT2D eigenvalue weighted by Crippen LogP contribution is -2.18. The van der Waals surface area contributed by atoms with Crippen molar-refractivity contribution in [2.75, 3.05) is 46.0 Å². The fraction of sp³-hybridized carbons (Fsp3) is 0.667. The van der Waals surface area contributed by atoms with Gasteiger partial charge in [0.25, 0.3) is 0 Å². The van der Waals surface area contributed by atoms with E-state index in [1.165, 1.54) is 6.33 Å². The number of anilines is 1. The third kappa shape index (κ3) is 10.4. The Morgan fingerprint density at radius 3 is 2.16 bits per heavy atom. The van der Waals surface area contributed by atoms with Gasteiger partial charge in [-0.05, 0) is 34.1 Å². The molecule has 2 rings (SSSR count). The second-order valence-corrected chi connectivity index (χ2v) is 10.2. The molecule has 1 atom stereocenters. The Morgan fingerprint density at radius 1 is 1.00 bits per heavy atom. The molecule has 214 valence electrons. The number of aromatic nitrogens is 4. The van der Waals surface area contributed by atoms with Crippen molar-refractivity contribution in [3.63, 3.8) is 0 Å². The number of imidazole rings is 1. The van der Waals surface area contributed by atoms with Crippen molar-refractivity contribution in [2.24, 2.45) is 0 Å². The molecule has 0 aliphatic carbocycles. The summed E-state index contributed by atoms with van der Waals surface area (Å²) in [6, 6.07) is -0.260. The van der Waals surface area contributed by atoms with Crippen LogP contribution in [0.15, 0.2) is 12.7 Å². The molecule has 0 bridgehead atoms. The normalized spacial score (nSPS) is 12.6. The van der Waals surface area contributed by atoms with Crippen LogP contribution in [0.25, 0.3) is 11.2 Å². The lowest BCUT2D eigenvalue weighted by molar-refractivity contribution is -0.0345. The summed E-state index contributed by atoms with van der Waals surface area (Å²) in [5.74, 6) is 0.246. The number of hydrogen-bond acceptors (Lipinski definition) is 15. The molecule has 38 heavy (non-hydrogen) atoms. The van der Waals surface area contributed by atoms with E-state index in [9.17, 15) is 14.2 Å². The van der Waals surface area contributed by atoms with Gasteiger partial charge in [0.05, 0.1) is 31.2 Å². The Kier molecular flexibility index (Phi) is 12.6. The van der Waals surface area contributed by atoms with E-state index in [2.05, 4.69) is 15.0 Å². The molecule has 0 spiro atoms. The number of hydrogen-bond donors (Lipinski definition) is 1. The summed E-state index contributed by atoms with van der Waals surface area (Å²) in [6.45, 7) is 5.38. The van der Waals surface area contributed by atoms with Crippen LogP contribution in [0.2, 0.25) is 0 Å². The molecule has 0 saturated heterocycles. The molecule has 0 aliphatic rings. The third-order valence-corrected chi connectivity index (χ3v) is 6.00.